The van der Waals surface area contributed by atoms with E-state index in [2.05, 4.69) is 0 Å². The summed E-state index contributed by atoms with van der Waals surface area (Å²) in [7, 11) is 0. The average molecular weight is 489 g/mol. The summed E-state index contributed by atoms with van der Waals surface area (Å²) >= 11 is 0. The number of alkyl halides is 3. The minimum atomic E-state index is -4.85. The van der Waals surface area contributed by atoms with E-state index in [1.165, 1.54) is 10.6 Å². The summed E-state index contributed by atoms with van der Waals surface area (Å²) in [6.07, 6.45) is -4.85. The topological polar surface area (TPSA) is 55.0 Å². The van der Waals surface area contributed by atoms with E-state index in [1.54, 1.807) is 24.3 Å². The van der Waals surface area contributed by atoms with Gasteiger partial charge >= 0.3 is 6.18 Å². The zero-order valence-electron chi connectivity index (χ0n) is 20.0. The van der Waals surface area contributed by atoms with Crippen LogP contribution in [0.15, 0.2) is 77.6 Å². The van der Waals surface area contributed by atoms with Crippen molar-refractivity contribution in [1.82, 2.24) is 4.57 Å². The maximum atomic E-state index is 13.8. The van der Waals surface area contributed by atoms with Gasteiger partial charge in [-0.3, -0.25) is 4.79 Å². The fraction of sp³-hybridized carbons (Fsp3) is 0.172. The van der Waals surface area contributed by atoms with E-state index >= 15 is 0 Å². The molecule has 3 aromatic carbocycles. The minimum Gasteiger partial charge on any atom is -0.457 e. The van der Waals surface area contributed by atoms with Crippen LogP contribution in [-0.4, -0.2) is 4.57 Å². The SMILES string of the molecule is Cc1ccc(Oc2ccc(-c3cc(C(F)(F)F)c(C#N)c(=O)n3Cc3ccc(C)cc3C)cc2)cc1. The molecule has 0 aliphatic carbocycles. The highest BCUT2D eigenvalue weighted by atomic mass is 19.4. The number of pyridine rings is 1. The maximum absolute atomic E-state index is 13.8. The molecule has 4 nitrogen and oxygen atoms in total. The first kappa shape index (κ1) is 24.8. The zero-order valence-corrected chi connectivity index (χ0v) is 20.0. The van der Waals surface area contributed by atoms with Crippen molar-refractivity contribution in [3.8, 4) is 28.8 Å². The maximum Gasteiger partial charge on any atom is 0.417 e. The van der Waals surface area contributed by atoms with Gasteiger partial charge in [0.2, 0.25) is 0 Å². The fourth-order valence-electron chi connectivity index (χ4n) is 4.00. The largest absolute Gasteiger partial charge is 0.457 e. The summed E-state index contributed by atoms with van der Waals surface area (Å²) in [5.74, 6) is 1.12. The second-order valence-corrected chi connectivity index (χ2v) is 8.69. The number of rotatable bonds is 5. The second-order valence-electron chi connectivity index (χ2n) is 8.69. The van der Waals surface area contributed by atoms with E-state index in [-0.39, 0.29) is 12.2 Å². The lowest BCUT2D eigenvalue weighted by atomic mass is 10.0. The molecular formula is C29H23F3N2O2. The predicted octanol–water partition coefficient (Wildman–Crippen LogP) is 7.17. The summed E-state index contributed by atoms with van der Waals surface area (Å²) in [4.78, 5) is 13.2. The van der Waals surface area contributed by atoms with Gasteiger partial charge in [0.15, 0.2) is 0 Å². The van der Waals surface area contributed by atoms with Gasteiger partial charge < -0.3 is 9.30 Å². The van der Waals surface area contributed by atoms with Crippen LogP contribution in [0.4, 0.5) is 13.2 Å². The summed E-state index contributed by atoms with van der Waals surface area (Å²) in [6, 6.07) is 21.9. The number of aryl methyl sites for hydroxylation is 3. The molecule has 0 radical (unpaired) electrons. The number of benzene rings is 3. The van der Waals surface area contributed by atoms with Crippen molar-refractivity contribution < 1.29 is 17.9 Å². The lowest BCUT2D eigenvalue weighted by Gasteiger charge is -2.19. The van der Waals surface area contributed by atoms with Crippen molar-refractivity contribution in [3.05, 3.63) is 117 Å². The van der Waals surface area contributed by atoms with Gasteiger partial charge in [0.25, 0.3) is 5.56 Å². The molecule has 0 saturated carbocycles. The average Bonchev–Trinajstić information content (AvgIpc) is 2.83. The van der Waals surface area contributed by atoms with E-state index in [1.807, 2.05) is 63.2 Å². The molecule has 0 amide bonds. The summed E-state index contributed by atoms with van der Waals surface area (Å²) in [5.41, 5.74) is 1.08. The summed E-state index contributed by atoms with van der Waals surface area (Å²) in [6.45, 7) is 5.79. The standard InChI is InChI=1S/C29H23F3N2O2/c1-18-5-10-23(11-6-18)36-24-12-8-21(9-13-24)27-15-26(29(30,31)32)25(16-33)28(35)34(27)17-22-7-4-19(2)14-20(22)3/h4-15H,17H2,1-3H3. The number of halogens is 3. The lowest BCUT2D eigenvalue weighted by Crippen LogP contribution is -2.29. The van der Waals surface area contributed by atoms with Gasteiger partial charge in [0.05, 0.1) is 17.8 Å². The van der Waals surface area contributed by atoms with Crippen LogP contribution in [0.3, 0.4) is 0 Å². The van der Waals surface area contributed by atoms with Crippen LogP contribution in [0.5, 0.6) is 11.5 Å². The number of hydrogen-bond acceptors (Lipinski definition) is 3. The molecule has 182 valence electrons. The van der Waals surface area contributed by atoms with Crippen LogP contribution < -0.4 is 10.3 Å². The van der Waals surface area contributed by atoms with Crippen molar-refractivity contribution in [2.45, 2.75) is 33.5 Å². The van der Waals surface area contributed by atoms with Crippen LogP contribution >= 0.6 is 0 Å². The van der Waals surface area contributed by atoms with Crippen molar-refractivity contribution in [2.75, 3.05) is 0 Å². The smallest absolute Gasteiger partial charge is 0.417 e. The van der Waals surface area contributed by atoms with Crippen LogP contribution in [-0.2, 0) is 12.7 Å². The van der Waals surface area contributed by atoms with E-state index < -0.39 is 22.9 Å². The highest BCUT2D eigenvalue weighted by Crippen LogP contribution is 2.34. The van der Waals surface area contributed by atoms with Crippen molar-refractivity contribution in [1.29, 1.82) is 5.26 Å². The number of hydrogen-bond donors (Lipinski definition) is 0. The Labute approximate surface area is 206 Å². The Morgan fingerprint density at radius 2 is 1.44 bits per heavy atom. The monoisotopic (exact) mass is 488 g/mol. The molecule has 7 heteroatoms. The molecule has 4 aromatic rings. The Kier molecular flexibility index (Phi) is 6.71. The third-order valence-corrected chi connectivity index (χ3v) is 5.95. The summed E-state index contributed by atoms with van der Waals surface area (Å²) < 4.78 is 48.4. The molecule has 0 saturated heterocycles. The van der Waals surface area contributed by atoms with Gasteiger partial charge in [-0.1, -0.05) is 41.5 Å². The van der Waals surface area contributed by atoms with Crippen molar-refractivity contribution in [2.24, 2.45) is 0 Å². The third kappa shape index (κ3) is 5.18. The molecule has 0 aliphatic rings. The van der Waals surface area contributed by atoms with Gasteiger partial charge in [-0.15, -0.1) is 0 Å². The van der Waals surface area contributed by atoms with Crippen LogP contribution in [0.2, 0.25) is 0 Å². The quantitative estimate of drug-likeness (QED) is 0.299. The van der Waals surface area contributed by atoms with E-state index in [9.17, 15) is 23.2 Å². The molecule has 0 atom stereocenters. The lowest BCUT2D eigenvalue weighted by molar-refractivity contribution is -0.137. The highest BCUT2D eigenvalue weighted by molar-refractivity contribution is 5.64. The highest BCUT2D eigenvalue weighted by Gasteiger charge is 2.36. The van der Waals surface area contributed by atoms with Crippen LogP contribution in [0.25, 0.3) is 11.3 Å². The number of nitriles is 1. The van der Waals surface area contributed by atoms with Crippen molar-refractivity contribution >= 4 is 0 Å². The van der Waals surface area contributed by atoms with Crippen molar-refractivity contribution in [3.63, 3.8) is 0 Å². The first-order chi connectivity index (χ1) is 17.1. The molecule has 0 N–H and O–H groups in total. The van der Waals surface area contributed by atoms with E-state index in [0.29, 0.717) is 17.1 Å². The molecule has 1 heterocycles. The Morgan fingerprint density at radius 1 is 0.861 bits per heavy atom. The van der Waals surface area contributed by atoms with Gasteiger partial charge in [-0.25, -0.2) is 0 Å². The first-order valence-electron chi connectivity index (χ1n) is 11.2. The Balaban J connectivity index is 1.82. The van der Waals surface area contributed by atoms with Crippen LogP contribution in [0, 0.1) is 32.1 Å². The van der Waals surface area contributed by atoms with Gasteiger partial charge in [-0.2, -0.15) is 18.4 Å². The molecule has 0 bridgehead atoms. The Hall–Kier alpha value is -4.31. The molecule has 0 spiro atoms. The second kappa shape index (κ2) is 9.74. The van der Waals surface area contributed by atoms with Gasteiger partial charge in [-0.05, 0) is 79.9 Å². The Morgan fingerprint density at radius 3 is 2.00 bits per heavy atom. The number of nitrogens with zero attached hydrogens (tertiary/aromatic N) is 2. The molecular weight excluding hydrogens is 465 g/mol. The third-order valence-electron chi connectivity index (χ3n) is 5.95. The van der Waals surface area contributed by atoms with Gasteiger partial charge in [0, 0.05) is 0 Å². The van der Waals surface area contributed by atoms with E-state index in [4.69, 9.17) is 4.74 Å². The van der Waals surface area contributed by atoms with Crippen LogP contribution in [0.1, 0.15) is 33.4 Å². The van der Waals surface area contributed by atoms with E-state index in [0.717, 1.165) is 28.3 Å². The molecule has 0 aliphatic heterocycles. The molecule has 1 aromatic heterocycles. The molecule has 4 rings (SSSR count). The number of aromatic nitrogens is 1. The minimum absolute atomic E-state index is 0.0225. The zero-order chi connectivity index (χ0) is 26.0. The Bertz CT molecular complexity index is 1510. The molecule has 0 fully saturated rings. The van der Waals surface area contributed by atoms with Gasteiger partial charge in [0.1, 0.15) is 23.1 Å². The predicted molar refractivity (Wildman–Crippen MR) is 132 cm³/mol. The number of ether oxygens (including phenoxy) is 1. The summed E-state index contributed by atoms with van der Waals surface area (Å²) in [5, 5.41) is 9.42. The molecule has 0 unspecified atom stereocenters. The fourth-order valence-corrected chi connectivity index (χ4v) is 4.00. The first-order valence-corrected chi connectivity index (χ1v) is 11.2. The normalized spacial score (nSPS) is 11.2. The molecule has 36 heavy (non-hydrogen) atoms.